The number of carbonyl (C=O) groups excluding carboxylic acids is 1. The normalized spacial score (nSPS) is 9.00. The van der Waals surface area contributed by atoms with Gasteiger partial charge in [-0.3, -0.25) is 0 Å². The van der Waals surface area contributed by atoms with Crippen LogP contribution in [0.4, 0.5) is 5.69 Å². The van der Waals surface area contributed by atoms with E-state index in [1.165, 1.54) is 0 Å². The Morgan fingerprint density at radius 2 is 2.54 bits per heavy atom. The van der Waals surface area contributed by atoms with Gasteiger partial charge in [0.25, 0.3) is 0 Å². The van der Waals surface area contributed by atoms with Crippen LogP contribution in [0.5, 0.6) is 5.88 Å². The van der Waals surface area contributed by atoms with Crippen molar-refractivity contribution in [3.05, 3.63) is 31.0 Å². The fraction of sp³-hybridized carbons (Fsp3) is 0.111. The van der Waals surface area contributed by atoms with Crippen LogP contribution in [0.2, 0.25) is 0 Å². The Bertz CT molecular complexity index is 323. The van der Waals surface area contributed by atoms with Crippen molar-refractivity contribution in [3.8, 4) is 5.88 Å². The summed E-state index contributed by atoms with van der Waals surface area (Å²) in [6, 6.07) is 3.51. The average Bonchev–Trinajstić information content (AvgIpc) is 2.18. The van der Waals surface area contributed by atoms with Crippen LogP contribution in [0.3, 0.4) is 0 Å². The zero-order chi connectivity index (χ0) is 9.68. The molecule has 68 valence electrons. The first-order chi connectivity index (χ1) is 6.27. The summed E-state index contributed by atoms with van der Waals surface area (Å²) in [5.74, 6) is -0.259. The first-order valence-electron chi connectivity index (χ1n) is 3.75. The fourth-order valence-electron chi connectivity index (χ4n) is 0.799. The Kier molecular flexibility index (Phi) is 3.03. The minimum Gasteiger partial charge on any atom is -0.402 e. The van der Waals surface area contributed by atoms with Gasteiger partial charge in [0.1, 0.15) is 0 Å². The highest BCUT2D eigenvalue weighted by molar-refractivity contribution is 5.84. The molecular formula is C9H10N2O2. The van der Waals surface area contributed by atoms with Gasteiger partial charge in [-0.2, -0.15) is 0 Å². The molecule has 0 spiro atoms. The van der Waals surface area contributed by atoms with E-state index >= 15 is 0 Å². The van der Waals surface area contributed by atoms with E-state index in [0.29, 0.717) is 5.69 Å². The van der Waals surface area contributed by atoms with Crippen molar-refractivity contribution in [2.75, 3.05) is 12.4 Å². The van der Waals surface area contributed by atoms with Crippen molar-refractivity contribution in [2.45, 2.75) is 0 Å². The summed E-state index contributed by atoms with van der Waals surface area (Å²) < 4.78 is 4.85. The van der Waals surface area contributed by atoms with Crippen LogP contribution in [-0.4, -0.2) is 18.0 Å². The second kappa shape index (κ2) is 4.25. The predicted molar refractivity (Wildman–Crippen MR) is 49.6 cm³/mol. The third-order valence-corrected chi connectivity index (χ3v) is 1.40. The summed E-state index contributed by atoms with van der Waals surface area (Å²) in [7, 11) is 1.72. The number of aromatic nitrogens is 1. The molecule has 1 aromatic rings. The molecule has 1 heterocycles. The van der Waals surface area contributed by atoms with Crippen molar-refractivity contribution in [1.82, 2.24) is 4.98 Å². The molecule has 0 fully saturated rings. The number of esters is 1. The van der Waals surface area contributed by atoms with E-state index < -0.39 is 5.97 Å². The molecule has 0 saturated heterocycles. The summed E-state index contributed by atoms with van der Waals surface area (Å²) in [5, 5.41) is 2.85. The SMILES string of the molecule is C=CC(=O)Oc1ncccc1NC. The Morgan fingerprint density at radius 1 is 1.77 bits per heavy atom. The molecule has 0 bridgehead atoms. The maximum absolute atomic E-state index is 10.8. The smallest absolute Gasteiger partial charge is 0.336 e. The van der Waals surface area contributed by atoms with Gasteiger partial charge in [0, 0.05) is 19.3 Å². The van der Waals surface area contributed by atoms with Crippen LogP contribution in [0, 0.1) is 0 Å². The third-order valence-electron chi connectivity index (χ3n) is 1.40. The molecule has 13 heavy (non-hydrogen) atoms. The first-order valence-corrected chi connectivity index (χ1v) is 3.75. The number of carbonyl (C=O) groups is 1. The number of nitrogens with one attached hydrogen (secondary N) is 1. The molecule has 1 rings (SSSR count). The van der Waals surface area contributed by atoms with Gasteiger partial charge in [-0.1, -0.05) is 6.58 Å². The highest BCUT2D eigenvalue weighted by Gasteiger charge is 2.05. The minimum absolute atomic E-state index is 0.259. The van der Waals surface area contributed by atoms with E-state index in [-0.39, 0.29) is 5.88 Å². The van der Waals surface area contributed by atoms with E-state index in [4.69, 9.17) is 4.74 Å². The quantitative estimate of drug-likeness (QED) is 0.558. The minimum atomic E-state index is -0.518. The summed E-state index contributed by atoms with van der Waals surface area (Å²) in [6.07, 6.45) is 2.64. The maximum Gasteiger partial charge on any atom is 0.336 e. The van der Waals surface area contributed by atoms with Crippen molar-refractivity contribution in [2.24, 2.45) is 0 Å². The lowest BCUT2D eigenvalue weighted by molar-refractivity contribution is -0.129. The van der Waals surface area contributed by atoms with Crippen molar-refractivity contribution >= 4 is 11.7 Å². The van der Waals surface area contributed by atoms with Crippen molar-refractivity contribution in [3.63, 3.8) is 0 Å². The number of nitrogens with zero attached hydrogens (tertiary/aromatic N) is 1. The van der Waals surface area contributed by atoms with Gasteiger partial charge in [-0.05, 0) is 12.1 Å². The second-order valence-corrected chi connectivity index (χ2v) is 2.23. The van der Waals surface area contributed by atoms with Crippen LogP contribution in [0.15, 0.2) is 31.0 Å². The maximum atomic E-state index is 10.8. The lowest BCUT2D eigenvalue weighted by Crippen LogP contribution is -2.06. The van der Waals surface area contributed by atoms with E-state index in [2.05, 4.69) is 16.9 Å². The molecule has 4 heteroatoms. The molecule has 4 nitrogen and oxygen atoms in total. The molecule has 0 amide bonds. The highest BCUT2D eigenvalue weighted by Crippen LogP contribution is 2.19. The standard InChI is InChI=1S/C9H10N2O2/c1-3-8(12)13-9-7(10-2)5-4-6-11-9/h3-6,10H,1H2,2H3. The van der Waals surface area contributed by atoms with Gasteiger partial charge in [0.2, 0.25) is 5.88 Å². The fourth-order valence-corrected chi connectivity index (χ4v) is 0.799. The van der Waals surface area contributed by atoms with Gasteiger partial charge in [0.05, 0.1) is 5.69 Å². The number of hydrogen-bond donors (Lipinski definition) is 1. The second-order valence-electron chi connectivity index (χ2n) is 2.23. The molecule has 0 aliphatic carbocycles. The van der Waals surface area contributed by atoms with Crippen LogP contribution in [0.1, 0.15) is 0 Å². The van der Waals surface area contributed by atoms with E-state index in [1.54, 1.807) is 25.4 Å². The van der Waals surface area contributed by atoms with Crippen molar-refractivity contribution < 1.29 is 9.53 Å². The predicted octanol–water partition coefficient (Wildman–Crippen LogP) is 1.21. The molecule has 0 aromatic carbocycles. The number of anilines is 1. The van der Waals surface area contributed by atoms with Crippen LogP contribution in [0.25, 0.3) is 0 Å². The average molecular weight is 178 g/mol. The number of ether oxygens (including phenoxy) is 1. The zero-order valence-corrected chi connectivity index (χ0v) is 7.28. The number of rotatable bonds is 3. The molecule has 0 aliphatic rings. The molecule has 1 aromatic heterocycles. The molecule has 0 radical (unpaired) electrons. The van der Waals surface area contributed by atoms with Gasteiger partial charge >= 0.3 is 5.97 Å². The largest absolute Gasteiger partial charge is 0.402 e. The van der Waals surface area contributed by atoms with E-state index in [1.807, 2.05) is 0 Å². The summed E-state index contributed by atoms with van der Waals surface area (Å²) in [6.45, 7) is 3.29. The molecule has 0 atom stereocenters. The Morgan fingerprint density at radius 3 is 3.15 bits per heavy atom. The topological polar surface area (TPSA) is 51.2 Å². The molecule has 0 saturated carbocycles. The van der Waals surface area contributed by atoms with Crippen LogP contribution in [-0.2, 0) is 4.79 Å². The zero-order valence-electron chi connectivity index (χ0n) is 7.28. The summed E-state index contributed by atoms with van der Waals surface area (Å²) >= 11 is 0. The van der Waals surface area contributed by atoms with E-state index in [9.17, 15) is 4.79 Å². The molecular weight excluding hydrogens is 168 g/mol. The molecule has 0 aliphatic heterocycles. The highest BCUT2D eigenvalue weighted by atomic mass is 16.5. The monoisotopic (exact) mass is 178 g/mol. The lowest BCUT2D eigenvalue weighted by atomic mass is 10.4. The number of hydrogen-bond acceptors (Lipinski definition) is 4. The number of pyridine rings is 1. The summed E-state index contributed by atoms with van der Waals surface area (Å²) in [4.78, 5) is 14.7. The molecule has 0 unspecified atom stereocenters. The lowest BCUT2D eigenvalue weighted by Gasteiger charge is -2.05. The van der Waals surface area contributed by atoms with Gasteiger partial charge in [-0.15, -0.1) is 0 Å². The Labute approximate surface area is 76.2 Å². The van der Waals surface area contributed by atoms with Gasteiger partial charge in [-0.25, -0.2) is 9.78 Å². The van der Waals surface area contributed by atoms with E-state index in [0.717, 1.165) is 6.08 Å². The molecule has 1 N–H and O–H groups in total. The first kappa shape index (κ1) is 9.25. The van der Waals surface area contributed by atoms with Gasteiger partial charge in [0.15, 0.2) is 0 Å². The van der Waals surface area contributed by atoms with Crippen LogP contribution < -0.4 is 10.1 Å². The summed E-state index contributed by atoms with van der Waals surface area (Å²) in [5.41, 5.74) is 0.665. The van der Waals surface area contributed by atoms with Crippen molar-refractivity contribution in [1.29, 1.82) is 0 Å². The Hall–Kier alpha value is -1.84. The van der Waals surface area contributed by atoms with Gasteiger partial charge < -0.3 is 10.1 Å². The van der Waals surface area contributed by atoms with Crippen LogP contribution >= 0.6 is 0 Å². The Balaban J connectivity index is 2.86. The third kappa shape index (κ3) is 2.30.